The second kappa shape index (κ2) is 9.21. The Bertz CT molecular complexity index is 1010. The van der Waals surface area contributed by atoms with Crippen LogP contribution < -0.4 is 9.54 Å². The summed E-state index contributed by atoms with van der Waals surface area (Å²) in [6.45, 7) is 1.22. The number of carbonyl (C=O) groups is 1. The highest BCUT2D eigenvalue weighted by Crippen LogP contribution is 2.24. The van der Waals surface area contributed by atoms with Gasteiger partial charge in [0.2, 0.25) is 0 Å². The smallest absolute Gasteiger partial charge is 0.252 e. The van der Waals surface area contributed by atoms with Crippen molar-refractivity contribution in [1.82, 2.24) is 4.57 Å². The molecular weight excluding hydrogens is 380 g/mol. The monoisotopic (exact) mass is 402 g/mol. The fraction of sp³-hybridized carbons (Fsp3) is 0.300. The SMILES string of the molecule is COCCn1c(=NC(=O)Cc2cccc(OC)c2)sc2cc(SC)ccc21. The number of hydrogen-bond donors (Lipinski definition) is 0. The van der Waals surface area contributed by atoms with E-state index in [0.717, 1.165) is 21.5 Å². The van der Waals surface area contributed by atoms with E-state index in [1.807, 2.05) is 24.3 Å². The van der Waals surface area contributed by atoms with Crippen molar-refractivity contribution in [3.05, 3.63) is 52.8 Å². The summed E-state index contributed by atoms with van der Waals surface area (Å²) in [4.78, 5) is 18.8. The summed E-state index contributed by atoms with van der Waals surface area (Å²) in [6, 6.07) is 13.8. The number of fused-ring (bicyclic) bond motifs is 1. The minimum Gasteiger partial charge on any atom is -0.497 e. The van der Waals surface area contributed by atoms with Crippen molar-refractivity contribution >= 4 is 39.2 Å². The summed E-state index contributed by atoms with van der Waals surface area (Å²) in [7, 11) is 3.29. The molecule has 2 aromatic carbocycles. The van der Waals surface area contributed by atoms with Gasteiger partial charge >= 0.3 is 0 Å². The number of hydrogen-bond acceptors (Lipinski definition) is 5. The van der Waals surface area contributed by atoms with E-state index in [1.165, 1.54) is 16.2 Å². The van der Waals surface area contributed by atoms with Gasteiger partial charge in [-0.25, -0.2) is 0 Å². The van der Waals surface area contributed by atoms with Gasteiger partial charge in [0.1, 0.15) is 5.75 Å². The topological polar surface area (TPSA) is 52.8 Å². The van der Waals surface area contributed by atoms with Crippen LogP contribution in [0.4, 0.5) is 0 Å². The van der Waals surface area contributed by atoms with Gasteiger partial charge in [-0.15, -0.1) is 11.8 Å². The van der Waals surface area contributed by atoms with E-state index in [9.17, 15) is 4.79 Å². The molecule has 0 saturated carbocycles. The minimum atomic E-state index is -0.175. The second-order valence-electron chi connectivity index (χ2n) is 5.90. The van der Waals surface area contributed by atoms with Crippen molar-refractivity contribution < 1.29 is 14.3 Å². The van der Waals surface area contributed by atoms with Gasteiger partial charge in [0, 0.05) is 18.6 Å². The predicted molar refractivity (Wildman–Crippen MR) is 111 cm³/mol. The van der Waals surface area contributed by atoms with Crippen LogP contribution in [0.5, 0.6) is 5.75 Å². The van der Waals surface area contributed by atoms with Crippen LogP contribution in [0, 0.1) is 0 Å². The van der Waals surface area contributed by atoms with Gasteiger partial charge in [-0.3, -0.25) is 4.79 Å². The maximum Gasteiger partial charge on any atom is 0.252 e. The van der Waals surface area contributed by atoms with E-state index in [0.29, 0.717) is 18.0 Å². The molecule has 1 heterocycles. The first-order valence-corrected chi connectivity index (χ1v) is 10.6. The molecule has 0 spiro atoms. The molecule has 0 saturated heterocycles. The molecule has 3 aromatic rings. The molecule has 5 nitrogen and oxygen atoms in total. The largest absolute Gasteiger partial charge is 0.497 e. The number of ether oxygens (including phenoxy) is 2. The highest BCUT2D eigenvalue weighted by molar-refractivity contribution is 7.98. The normalized spacial score (nSPS) is 11.9. The lowest BCUT2D eigenvalue weighted by atomic mass is 10.1. The molecule has 7 heteroatoms. The van der Waals surface area contributed by atoms with Gasteiger partial charge in [-0.2, -0.15) is 4.99 Å². The summed E-state index contributed by atoms with van der Waals surface area (Å²) >= 11 is 3.23. The average molecular weight is 403 g/mol. The lowest BCUT2D eigenvalue weighted by Crippen LogP contribution is -2.19. The van der Waals surface area contributed by atoms with E-state index in [2.05, 4.69) is 34.0 Å². The van der Waals surface area contributed by atoms with Crippen molar-refractivity contribution in [1.29, 1.82) is 0 Å². The number of thiazole rings is 1. The predicted octanol–water partition coefficient (Wildman–Crippen LogP) is 3.75. The highest BCUT2D eigenvalue weighted by atomic mass is 32.2. The van der Waals surface area contributed by atoms with Crippen molar-refractivity contribution in [3.63, 3.8) is 0 Å². The summed E-state index contributed by atoms with van der Waals surface area (Å²) in [5, 5.41) is 0. The Balaban J connectivity index is 1.96. The minimum absolute atomic E-state index is 0.175. The van der Waals surface area contributed by atoms with E-state index < -0.39 is 0 Å². The fourth-order valence-corrected chi connectivity index (χ4v) is 4.39. The lowest BCUT2D eigenvalue weighted by molar-refractivity contribution is -0.117. The molecule has 142 valence electrons. The van der Waals surface area contributed by atoms with Crippen LogP contribution >= 0.6 is 23.1 Å². The second-order valence-corrected chi connectivity index (χ2v) is 7.79. The molecular formula is C20H22N2O3S2. The number of nitrogens with zero attached hydrogens (tertiary/aromatic N) is 2. The lowest BCUT2D eigenvalue weighted by Gasteiger charge is -2.05. The zero-order chi connectivity index (χ0) is 19.2. The summed E-state index contributed by atoms with van der Waals surface area (Å²) in [5.41, 5.74) is 1.96. The van der Waals surface area contributed by atoms with Gasteiger partial charge in [0.05, 0.1) is 30.4 Å². The fourth-order valence-electron chi connectivity index (χ4n) is 2.77. The van der Waals surface area contributed by atoms with Crippen molar-refractivity contribution in [2.75, 3.05) is 27.1 Å². The van der Waals surface area contributed by atoms with Crippen LogP contribution in [0.15, 0.2) is 52.4 Å². The molecule has 0 unspecified atom stereocenters. The molecule has 0 atom stereocenters. The molecule has 0 aliphatic heterocycles. The van der Waals surface area contributed by atoms with Crippen LogP contribution in [-0.2, 0) is 22.5 Å². The van der Waals surface area contributed by atoms with Gasteiger partial charge in [-0.1, -0.05) is 23.5 Å². The first-order chi connectivity index (χ1) is 13.1. The molecule has 0 radical (unpaired) electrons. The quantitative estimate of drug-likeness (QED) is 0.565. The average Bonchev–Trinajstić information content (AvgIpc) is 3.02. The molecule has 0 fully saturated rings. The van der Waals surface area contributed by atoms with Crippen LogP contribution in [0.1, 0.15) is 5.56 Å². The molecule has 3 rings (SSSR count). The third-order valence-corrected chi connectivity index (χ3v) is 5.89. The molecule has 0 N–H and O–H groups in total. The van der Waals surface area contributed by atoms with E-state index >= 15 is 0 Å². The summed E-state index contributed by atoms with van der Waals surface area (Å²) < 4.78 is 13.6. The zero-order valence-electron chi connectivity index (χ0n) is 15.6. The Kier molecular flexibility index (Phi) is 6.71. The molecule has 27 heavy (non-hydrogen) atoms. The van der Waals surface area contributed by atoms with Gasteiger partial charge < -0.3 is 14.0 Å². The molecule has 0 aliphatic rings. The number of rotatable bonds is 7. The number of amides is 1. The maximum atomic E-state index is 12.6. The number of thioether (sulfide) groups is 1. The van der Waals surface area contributed by atoms with Gasteiger partial charge in [0.15, 0.2) is 4.80 Å². The third kappa shape index (κ3) is 4.80. The Morgan fingerprint density at radius 1 is 1.22 bits per heavy atom. The Morgan fingerprint density at radius 2 is 2.07 bits per heavy atom. The van der Waals surface area contributed by atoms with Crippen LogP contribution in [-0.4, -0.2) is 37.6 Å². The third-order valence-electron chi connectivity index (χ3n) is 4.12. The van der Waals surface area contributed by atoms with Gasteiger partial charge in [0.25, 0.3) is 5.91 Å². The van der Waals surface area contributed by atoms with Crippen LogP contribution in [0.25, 0.3) is 10.2 Å². The standard InChI is InChI=1S/C20H22N2O3S2/c1-24-10-9-22-17-8-7-16(26-3)13-18(17)27-20(22)21-19(23)12-14-5-4-6-15(11-14)25-2/h4-8,11,13H,9-10,12H2,1-3H3. The highest BCUT2D eigenvalue weighted by Gasteiger charge is 2.10. The Labute approximate surface area is 166 Å². The Hall–Kier alpha value is -2.09. The van der Waals surface area contributed by atoms with Crippen molar-refractivity contribution in [2.45, 2.75) is 17.9 Å². The number of benzene rings is 2. The Morgan fingerprint density at radius 3 is 2.81 bits per heavy atom. The molecule has 0 bridgehead atoms. The first kappa shape index (κ1) is 19.7. The first-order valence-electron chi connectivity index (χ1n) is 8.51. The number of aromatic nitrogens is 1. The van der Waals surface area contributed by atoms with Crippen molar-refractivity contribution in [3.8, 4) is 5.75 Å². The van der Waals surface area contributed by atoms with Gasteiger partial charge in [-0.05, 0) is 42.2 Å². The zero-order valence-corrected chi connectivity index (χ0v) is 17.2. The maximum absolute atomic E-state index is 12.6. The van der Waals surface area contributed by atoms with E-state index in [-0.39, 0.29) is 12.3 Å². The van der Waals surface area contributed by atoms with E-state index in [4.69, 9.17) is 9.47 Å². The van der Waals surface area contributed by atoms with E-state index in [1.54, 1.807) is 26.0 Å². The molecule has 1 amide bonds. The summed E-state index contributed by atoms with van der Waals surface area (Å²) in [5.74, 6) is 0.563. The van der Waals surface area contributed by atoms with Crippen LogP contribution in [0.3, 0.4) is 0 Å². The number of methoxy groups -OCH3 is 2. The van der Waals surface area contributed by atoms with Crippen molar-refractivity contribution in [2.24, 2.45) is 4.99 Å². The molecule has 1 aromatic heterocycles. The van der Waals surface area contributed by atoms with Crippen LogP contribution in [0.2, 0.25) is 0 Å². The number of carbonyl (C=O) groups excluding carboxylic acids is 1. The molecule has 0 aliphatic carbocycles. The summed E-state index contributed by atoms with van der Waals surface area (Å²) in [6.07, 6.45) is 2.29.